The number of benzene rings is 1. The summed E-state index contributed by atoms with van der Waals surface area (Å²) in [6.07, 6.45) is 0.473. The minimum Gasteiger partial charge on any atom is -0.347 e. The minimum absolute atomic E-state index is 0.00861. The molecule has 0 aromatic heterocycles. The average Bonchev–Trinajstić information content (AvgIpc) is 2.64. The van der Waals surface area contributed by atoms with Crippen molar-refractivity contribution in [3.63, 3.8) is 0 Å². The van der Waals surface area contributed by atoms with Crippen LogP contribution in [-0.4, -0.2) is 68.1 Å². The number of carbonyl (C=O) groups excluding carboxylic acids is 2. The number of carbonyl (C=O) groups is 2. The Morgan fingerprint density at radius 2 is 1.79 bits per heavy atom. The van der Waals surface area contributed by atoms with Gasteiger partial charge in [0.1, 0.15) is 0 Å². The SMILES string of the molecule is CS(=O)(=O)c1ccc(CC2CC3(C2)CN(C(=O)N2CC4(CCCC(=O)N4)C2)C3)cc1C(F)(F)F. The van der Waals surface area contributed by atoms with Crippen molar-refractivity contribution < 1.29 is 31.2 Å². The summed E-state index contributed by atoms with van der Waals surface area (Å²) >= 11 is 0. The molecule has 186 valence electrons. The third kappa shape index (κ3) is 4.16. The maximum absolute atomic E-state index is 13.4. The fourth-order valence-electron chi connectivity index (χ4n) is 6.31. The summed E-state index contributed by atoms with van der Waals surface area (Å²) in [4.78, 5) is 27.3. The summed E-state index contributed by atoms with van der Waals surface area (Å²) in [5.74, 6) is 0.266. The molecule has 1 N–H and O–H groups in total. The predicted octanol–water partition coefficient (Wildman–Crippen LogP) is 2.84. The van der Waals surface area contributed by atoms with Gasteiger partial charge in [-0.3, -0.25) is 4.79 Å². The first kappa shape index (κ1) is 23.4. The van der Waals surface area contributed by atoms with Gasteiger partial charge < -0.3 is 15.1 Å². The Bertz CT molecular complexity index is 1130. The van der Waals surface area contributed by atoms with Crippen LogP contribution in [0.1, 0.15) is 43.2 Å². The predicted molar refractivity (Wildman–Crippen MR) is 117 cm³/mol. The number of piperidine rings is 1. The Labute approximate surface area is 196 Å². The molecule has 5 rings (SSSR count). The molecule has 0 unspecified atom stereocenters. The Kier molecular flexibility index (Phi) is 5.24. The molecule has 0 radical (unpaired) electrons. The number of halogens is 3. The number of hydrogen-bond donors (Lipinski definition) is 1. The second-order valence-electron chi connectivity index (χ2n) is 10.8. The van der Waals surface area contributed by atoms with Crippen LogP contribution in [-0.2, 0) is 27.2 Å². The summed E-state index contributed by atoms with van der Waals surface area (Å²) < 4.78 is 63.7. The van der Waals surface area contributed by atoms with Crippen LogP contribution in [0.25, 0.3) is 0 Å². The monoisotopic (exact) mass is 499 g/mol. The zero-order valence-corrected chi connectivity index (χ0v) is 19.8. The number of rotatable bonds is 3. The normalized spacial score (nSPS) is 23.8. The molecule has 2 spiro atoms. The van der Waals surface area contributed by atoms with Gasteiger partial charge in [0.05, 0.1) is 16.0 Å². The van der Waals surface area contributed by atoms with Gasteiger partial charge in [-0.1, -0.05) is 6.07 Å². The number of likely N-dealkylation sites (tertiary alicyclic amines) is 2. The van der Waals surface area contributed by atoms with Crippen molar-refractivity contribution in [2.45, 2.75) is 55.1 Å². The van der Waals surface area contributed by atoms with E-state index in [2.05, 4.69) is 5.32 Å². The average molecular weight is 500 g/mol. The number of hydrogen-bond acceptors (Lipinski definition) is 4. The molecule has 1 aliphatic carbocycles. The number of urea groups is 1. The lowest BCUT2D eigenvalue weighted by atomic mass is 9.56. The highest BCUT2D eigenvalue weighted by Gasteiger charge is 2.56. The van der Waals surface area contributed by atoms with Crippen molar-refractivity contribution >= 4 is 21.8 Å². The Balaban J connectivity index is 1.13. The maximum Gasteiger partial charge on any atom is 0.417 e. The van der Waals surface area contributed by atoms with E-state index in [0.717, 1.165) is 44.1 Å². The van der Waals surface area contributed by atoms with Crippen LogP contribution in [0.15, 0.2) is 23.1 Å². The largest absolute Gasteiger partial charge is 0.417 e. The topological polar surface area (TPSA) is 86.8 Å². The van der Waals surface area contributed by atoms with Gasteiger partial charge in [-0.2, -0.15) is 13.2 Å². The number of nitrogens with zero attached hydrogens (tertiary/aromatic N) is 2. The lowest BCUT2D eigenvalue weighted by molar-refractivity contribution is -0.140. The standard InChI is InChI=1S/C23H28F3N3O4S/c1-34(32,33)18-5-4-15(8-17(18)23(24,25)26)7-16-9-21(10-16)11-28(12-21)20(31)29-13-22(14-29)6-2-3-19(30)27-22/h4-5,8,16H,2-3,6-7,9-14H2,1H3,(H,27,30). The third-order valence-electron chi connectivity index (χ3n) is 7.76. The van der Waals surface area contributed by atoms with Gasteiger partial charge in [-0.05, 0) is 55.7 Å². The Morgan fingerprint density at radius 3 is 2.38 bits per heavy atom. The molecule has 7 nitrogen and oxygen atoms in total. The van der Waals surface area contributed by atoms with E-state index in [-0.39, 0.29) is 28.8 Å². The smallest absolute Gasteiger partial charge is 0.347 e. The molecule has 1 saturated carbocycles. The lowest BCUT2D eigenvalue weighted by Crippen LogP contribution is -2.75. The number of amides is 3. The summed E-state index contributed by atoms with van der Waals surface area (Å²) in [6, 6.07) is 3.48. The van der Waals surface area contributed by atoms with Gasteiger partial charge in [0.2, 0.25) is 5.91 Å². The zero-order valence-electron chi connectivity index (χ0n) is 19.0. The fraction of sp³-hybridized carbons (Fsp3) is 0.652. The van der Waals surface area contributed by atoms with Gasteiger partial charge in [-0.15, -0.1) is 0 Å². The molecule has 34 heavy (non-hydrogen) atoms. The zero-order chi connectivity index (χ0) is 24.5. The van der Waals surface area contributed by atoms with E-state index in [4.69, 9.17) is 0 Å². The van der Waals surface area contributed by atoms with Crippen molar-refractivity contribution in [2.24, 2.45) is 11.3 Å². The van der Waals surface area contributed by atoms with Crippen LogP contribution < -0.4 is 5.32 Å². The summed E-state index contributed by atoms with van der Waals surface area (Å²) in [5.41, 5.74) is -0.839. The van der Waals surface area contributed by atoms with Gasteiger partial charge in [-0.25, -0.2) is 13.2 Å². The molecule has 1 aromatic carbocycles. The fourth-order valence-corrected chi connectivity index (χ4v) is 7.20. The van der Waals surface area contributed by atoms with Crippen molar-refractivity contribution in [1.29, 1.82) is 0 Å². The third-order valence-corrected chi connectivity index (χ3v) is 8.92. The van der Waals surface area contributed by atoms with Crippen LogP contribution >= 0.6 is 0 Å². The van der Waals surface area contributed by atoms with E-state index in [0.29, 0.717) is 44.6 Å². The van der Waals surface area contributed by atoms with E-state index in [1.807, 2.05) is 4.90 Å². The number of nitrogens with one attached hydrogen (secondary N) is 1. The number of alkyl halides is 3. The van der Waals surface area contributed by atoms with Crippen molar-refractivity contribution in [1.82, 2.24) is 15.1 Å². The van der Waals surface area contributed by atoms with Crippen LogP contribution in [0.5, 0.6) is 0 Å². The summed E-state index contributed by atoms with van der Waals surface area (Å²) in [5, 5.41) is 3.03. The molecular weight excluding hydrogens is 471 g/mol. The molecule has 3 saturated heterocycles. The van der Waals surface area contributed by atoms with Gasteiger partial charge >= 0.3 is 12.2 Å². The molecule has 3 amide bonds. The minimum atomic E-state index is -4.74. The van der Waals surface area contributed by atoms with E-state index in [1.165, 1.54) is 6.07 Å². The molecule has 0 atom stereocenters. The molecule has 0 bridgehead atoms. The highest BCUT2D eigenvalue weighted by atomic mass is 32.2. The molecule has 3 heterocycles. The van der Waals surface area contributed by atoms with E-state index >= 15 is 0 Å². The van der Waals surface area contributed by atoms with E-state index in [1.54, 1.807) is 4.90 Å². The second kappa shape index (κ2) is 7.60. The molecule has 1 aromatic rings. The first-order valence-electron chi connectivity index (χ1n) is 11.5. The van der Waals surface area contributed by atoms with Crippen LogP contribution in [0.4, 0.5) is 18.0 Å². The highest BCUT2D eigenvalue weighted by Crippen LogP contribution is 2.53. The first-order chi connectivity index (χ1) is 15.8. The molecule has 4 aliphatic rings. The Hall–Kier alpha value is -2.30. The van der Waals surface area contributed by atoms with E-state index < -0.39 is 26.5 Å². The molecule has 4 fully saturated rings. The first-order valence-corrected chi connectivity index (χ1v) is 13.4. The van der Waals surface area contributed by atoms with Crippen LogP contribution in [0, 0.1) is 11.3 Å². The second-order valence-corrected chi connectivity index (χ2v) is 12.7. The Morgan fingerprint density at radius 1 is 1.15 bits per heavy atom. The number of sulfone groups is 1. The molecular formula is C23H28F3N3O4S. The summed E-state index contributed by atoms with van der Waals surface area (Å²) in [6.45, 7) is 2.40. The van der Waals surface area contributed by atoms with Gasteiger partial charge in [0.15, 0.2) is 9.84 Å². The van der Waals surface area contributed by atoms with Crippen molar-refractivity contribution in [3.8, 4) is 0 Å². The maximum atomic E-state index is 13.4. The van der Waals surface area contributed by atoms with Crippen LogP contribution in [0.3, 0.4) is 0 Å². The van der Waals surface area contributed by atoms with Crippen molar-refractivity contribution in [3.05, 3.63) is 29.3 Å². The highest BCUT2D eigenvalue weighted by molar-refractivity contribution is 7.90. The van der Waals surface area contributed by atoms with Gasteiger partial charge in [0, 0.05) is 44.3 Å². The van der Waals surface area contributed by atoms with Crippen molar-refractivity contribution in [2.75, 3.05) is 32.4 Å². The van der Waals surface area contributed by atoms with Crippen LogP contribution in [0.2, 0.25) is 0 Å². The molecule has 11 heteroatoms. The quantitative estimate of drug-likeness (QED) is 0.693. The lowest BCUT2D eigenvalue weighted by Gasteiger charge is -2.61. The van der Waals surface area contributed by atoms with Gasteiger partial charge in [0.25, 0.3) is 0 Å². The van der Waals surface area contributed by atoms with E-state index in [9.17, 15) is 31.2 Å². The summed E-state index contributed by atoms with van der Waals surface area (Å²) in [7, 11) is -3.98. The molecule has 3 aliphatic heterocycles.